The molecule has 2 heterocycles. The number of fused-ring (bicyclic) bond motifs is 1. The number of urea groups is 1. The number of carbonyl (C=O) groups excluding carboxylic acids is 1. The number of furan rings is 1. The fraction of sp³-hybridized carbons (Fsp3) is 0.440. The maximum atomic E-state index is 13.3. The Kier molecular flexibility index (Phi) is 8.11. The highest BCUT2D eigenvalue weighted by Crippen LogP contribution is 2.22. The van der Waals surface area contributed by atoms with Crippen LogP contribution in [0.2, 0.25) is 0 Å². The molecule has 1 aromatic carbocycles. The van der Waals surface area contributed by atoms with Crippen LogP contribution in [0.4, 0.5) is 10.5 Å². The van der Waals surface area contributed by atoms with E-state index in [1.165, 1.54) is 0 Å². The number of amides is 2. The van der Waals surface area contributed by atoms with Crippen LogP contribution in [0.1, 0.15) is 39.9 Å². The smallest absolute Gasteiger partial charge is 0.322 e. The van der Waals surface area contributed by atoms with Crippen molar-refractivity contribution in [1.29, 1.82) is 0 Å². The van der Waals surface area contributed by atoms with Crippen molar-refractivity contribution in [3.05, 3.63) is 65.0 Å². The first kappa shape index (κ1) is 23.6. The summed E-state index contributed by atoms with van der Waals surface area (Å²) >= 11 is 0. The number of aromatic nitrogens is 1. The summed E-state index contributed by atoms with van der Waals surface area (Å²) in [6.07, 6.45) is 4.20. The van der Waals surface area contributed by atoms with Crippen molar-refractivity contribution in [3.63, 3.8) is 0 Å². The second kappa shape index (κ2) is 11.0. The molecule has 0 fully saturated rings. The van der Waals surface area contributed by atoms with E-state index in [1.807, 2.05) is 44.2 Å². The van der Waals surface area contributed by atoms with Gasteiger partial charge in [-0.15, -0.1) is 0 Å². The number of nitrogens with zero attached hydrogens (tertiary/aromatic N) is 2. The molecule has 172 valence electrons. The quantitative estimate of drug-likeness (QED) is 0.446. The summed E-state index contributed by atoms with van der Waals surface area (Å²) in [6.45, 7) is 10.1. The summed E-state index contributed by atoms with van der Waals surface area (Å²) < 4.78 is 12.8. The van der Waals surface area contributed by atoms with E-state index in [9.17, 15) is 9.59 Å². The van der Waals surface area contributed by atoms with Gasteiger partial charge in [-0.25, -0.2) is 4.79 Å². The fourth-order valence-corrected chi connectivity index (χ4v) is 3.58. The van der Waals surface area contributed by atoms with Gasteiger partial charge in [0, 0.05) is 36.7 Å². The number of ether oxygens (including phenoxy) is 1. The van der Waals surface area contributed by atoms with Crippen molar-refractivity contribution in [1.82, 2.24) is 9.47 Å². The van der Waals surface area contributed by atoms with Crippen LogP contribution in [0, 0.1) is 5.92 Å². The number of hydrogen-bond donors (Lipinski definition) is 1. The minimum atomic E-state index is -0.245. The Hall–Kier alpha value is -3.06. The van der Waals surface area contributed by atoms with Gasteiger partial charge in [0.15, 0.2) is 0 Å². The van der Waals surface area contributed by atoms with Crippen LogP contribution in [0.3, 0.4) is 0 Å². The van der Waals surface area contributed by atoms with E-state index in [0.29, 0.717) is 55.4 Å². The maximum Gasteiger partial charge on any atom is 0.322 e. The van der Waals surface area contributed by atoms with Gasteiger partial charge in [-0.2, -0.15) is 0 Å². The molecule has 0 bridgehead atoms. The summed E-state index contributed by atoms with van der Waals surface area (Å²) in [5.74, 6) is 1.01. The molecule has 0 aliphatic rings. The normalized spacial score (nSPS) is 11.4. The predicted octanol–water partition coefficient (Wildman–Crippen LogP) is 5.10. The molecule has 0 atom stereocenters. The van der Waals surface area contributed by atoms with Crippen LogP contribution in [-0.2, 0) is 17.8 Å². The van der Waals surface area contributed by atoms with Crippen molar-refractivity contribution < 1.29 is 13.9 Å². The Morgan fingerprint density at radius 3 is 2.53 bits per heavy atom. The van der Waals surface area contributed by atoms with Crippen molar-refractivity contribution >= 4 is 22.5 Å². The molecule has 32 heavy (non-hydrogen) atoms. The number of rotatable bonds is 10. The first-order chi connectivity index (χ1) is 15.3. The third kappa shape index (κ3) is 6.23. The molecule has 0 aliphatic heterocycles. The summed E-state index contributed by atoms with van der Waals surface area (Å²) in [5, 5.41) is 4.35. The summed E-state index contributed by atoms with van der Waals surface area (Å²) in [4.78, 5) is 27.9. The van der Waals surface area contributed by atoms with Crippen molar-refractivity contribution in [2.24, 2.45) is 5.92 Å². The standard InChI is InChI=1S/C25H33N3O4/c1-18(2)15-28-17-23(21-10-5-6-11-22(21)24(28)29)26-25(30)27(12-8-14-31-19(3)4)16-20-9-7-13-32-20/h5-7,9-11,13,17-19H,8,12,14-16H2,1-4H3,(H,26,30). The molecule has 0 unspecified atom stereocenters. The first-order valence-electron chi connectivity index (χ1n) is 11.2. The van der Waals surface area contributed by atoms with Gasteiger partial charge < -0.3 is 23.9 Å². The summed E-state index contributed by atoms with van der Waals surface area (Å²) in [7, 11) is 0. The number of carbonyl (C=O) groups is 1. The van der Waals surface area contributed by atoms with Crippen molar-refractivity contribution in [2.45, 2.75) is 53.3 Å². The Labute approximate surface area is 189 Å². The van der Waals surface area contributed by atoms with E-state index < -0.39 is 0 Å². The molecule has 3 aromatic rings. The molecular formula is C25H33N3O4. The molecular weight excluding hydrogens is 406 g/mol. The molecule has 2 amide bonds. The number of benzene rings is 1. The minimum Gasteiger partial charge on any atom is -0.467 e. The lowest BCUT2D eigenvalue weighted by Crippen LogP contribution is -2.36. The zero-order valence-corrected chi connectivity index (χ0v) is 19.3. The highest BCUT2D eigenvalue weighted by molar-refractivity contribution is 6.00. The molecule has 7 heteroatoms. The van der Waals surface area contributed by atoms with Gasteiger partial charge in [-0.1, -0.05) is 32.0 Å². The molecule has 0 aliphatic carbocycles. The fourth-order valence-electron chi connectivity index (χ4n) is 3.58. The van der Waals surface area contributed by atoms with Gasteiger partial charge in [0.05, 0.1) is 24.6 Å². The molecule has 1 N–H and O–H groups in total. The lowest BCUT2D eigenvalue weighted by atomic mass is 10.1. The third-order valence-corrected chi connectivity index (χ3v) is 5.03. The number of nitrogens with one attached hydrogen (secondary N) is 1. The van der Waals surface area contributed by atoms with E-state index in [0.717, 1.165) is 5.39 Å². The first-order valence-corrected chi connectivity index (χ1v) is 11.2. The lowest BCUT2D eigenvalue weighted by Gasteiger charge is -2.23. The molecule has 2 aromatic heterocycles. The number of anilines is 1. The molecule has 7 nitrogen and oxygen atoms in total. The van der Waals surface area contributed by atoms with Crippen LogP contribution in [0.25, 0.3) is 10.8 Å². The molecule has 0 saturated heterocycles. The summed E-state index contributed by atoms with van der Waals surface area (Å²) in [6, 6.07) is 10.8. The molecule has 0 radical (unpaired) electrons. The average molecular weight is 440 g/mol. The van der Waals surface area contributed by atoms with E-state index in [2.05, 4.69) is 19.2 Å². The van der Waals surface area contributed by atoms with Gasteiger partial charge in [0.2, 0.25) is 0 Å². The highest BCUT2D eigenvalue weighted by Gasteiger charge is 2.18. The van der Waals surface area contributed by atoms with Gasteiger partial charge in [0.1, 0.15) is 5.76 Å². The van der Waals surface area contributed by atoms with Gasteiger partial charge in [0.25, 0.3) is 5.56 Å². The summed E-state index contributed by atoms with van der Waals surface area (Å²) in [5.41, 5.74) is 0.569. The minimum absolute atomic E-state index is 0.0504. The zero-order chi connectivity index (χ0) is 23.1. The SMILES string of the molecule is CC(C)Cn1cc(NC(=O)N(CCCOC(C)C)Cc2ccco2)c2ccccc2c1=O. The van der Waals surface area contributed by atoms with E-state index in [1.54, 1.807) is 28.0 Å². The zero-order valence-electron chi connectivity index (χ0n) is 19.3. The predicted molar refractivity (Wildman–Crippen MR) is 127 cm³/mol. The Bertz CT molecular complexity index is 1070. The van der Waals surface area contributed by atoms with E-state index >= 15 is 0 Å². The van der Waals surface area contributed by atoms with Crippen LogP contribution in [0.15, 0.2) is 58.1 Å². The van der Waals surface area contributed by atoms with Crippen LogP contribution in [-0.4, -0.2) is 34.8 Å². The van der Waals surface area contributed by atoms with Crippen molar-refractivity contribution in [3.8, 4) is 0 Å². The van der Waals surface area contributed by atoms with Gasteiger partial charge in [-0.3, -0.25) is 4.79 Å². The lowest BCUT2D eigenvalue weighted by molar-refractivity contribution is 0.0721. The van der Waals surface area contributed by atoms with E-state index in [-0.39, 0.29) is 17.7 Å². The average Bonchev–Trinajstić information content (AvgIpc) is 3.26. The topological polar surface area (TPSA) is 76.7 Å². The number of hydrogen-bond acceptors (Lipinski definition) is 4. The number of pyridine rings is 1. The second-order valence-corrected chi connectivity index (χ2v) is 8.64. The second-order valence-electron chi connectivity index (χ2n) is 8.64. The van der Waals surface area contributed by atoms with Crippen LogP contribution in [0.5, 0.6) is 0 Å². The Morgan fingerprint density at radius 1 is 1.12 bits per heavy atom. The maximum absolute atomic E-state index is 13.3. The van der Waals surface area contributed by atoms with Crippen LogP contribution < -0.4 is 10.9 Å². The molecule has 3 rings (SSSR count). The van der Waals surface area contributed by atoms with Crippen molar-refractivity contribution in [2.75, 3.05) is 18.5 Å². The molecule has 0 saturated carbocycles. The van der Waals surface area contributed by atoms with Gasteiger partial charge in [-0.05, 0) is 44.4 Å². The van der Waals surface area contributed by atoms with E-state index in [4.69, 9.17) is 9.15 Å². The molecule has 0 spiro atoms. The Balaban J connectivity index is 1.85. The van der Waals surface area contributed by atoms with Crippen LogP contribution >= 0.6 is 0 Å². The Morgan fingerprint density at radius 2 is 1.88 bits per heavy atom. The monoisotopic (exact) mass is 439 g/mol. The highest BCUT2D eigenvalue weighted by atomic mass is 16.5. The third-order valence-electron chi connectivity index (χ3n) is 5.03. The largest absolute Gasteiger partial charge is 0.467 e. The van der Waals surface area contributed by atoms with Gasteiger partial charge >= 0.3 is 6.03 Å².